The summed E-state index contributed by atoms with van der Waals surface area (Å²) in [5, 5.41) is 6.41. The van der Waals surface area contributed by atoms with E-state index in [1.165, 1.54) is 5.56 Å². The van der Waals surface area contributed by atoms with Gasteiger partial charge < -0.3 is 10.6 Å². The third-order valence-corrected chi connectivity index (χ3v) is 5.65. The highest BCUT2D eigenvalue weighted by Crippen LogP contribution is 2.30. The Labute approximate surface area is 157 Å². The maximum absolute atomic E-state index is 12.3. The van der Waals surface area contributed by atoms with Crippen molar-refractivity contribution in [2.24, 2.45) is 0 Å². The van der Waals surface area contributed by atoms with Crippen molar-refractivity contribution in [3.05, 3.63) is 64.1 Å². The second-order valence-corrected chi connectivity index (χ2v) is 7.48. The highest BCUT2D eigenvalue weighted by Gasteiger charge is 2.32. The molecule has 1 saturated heterocycles. The van der Waals surface area contributed by atoms with Gasteiger partial charge >= 0.3 is 0 Å². The number of carbonyl (C=O) groups excluding carboxylic acids is 1. The molecule has 0 unspecified atom stereocenters. The van der Waals surface area contributed by atoms with Crippen LogP contribution in [0.25, 0.3) is 0 Å². The van der Waals surface area contributed by atoms with Crippen molar-refractivity contribution in [3.63, 3.8) is 0 Å². The van der Waals surface area contributed by atoms with E-state index in [2.05, 4.69) is 62.8 Å². The van der Waals surface area contributed by atoms with Crippen molar-refractivity contribution < 1.29 is 4.79 Å². The molecule has 1 aliphatic rings. The number of hydrogen-bond acceptors (Lipinski definition) is 3. The molecule has 0 bridgehead atoms. The Hall–Kier alpha value is -1.69. The minimum Gasteiger partial charge on any atom is -0.325 e. The summed E-state index contributed by atoms with van der Waals surface area (Å²) < 4.78 is 1.04. The van der Waals surface area contributed by atoms with E-state index in [1.54, 1.807) is 0 Å². The number of likely N-dealkylation sites (N-methyl/N-ethyl adjacent to an activating group) is 1. The second kappa shape index (κ2) is 8.13. The number of nitrogens with one attached hydrogen (secondary N) is 2. The van der Waals surface area contributed by atoms with Crippen LogP contribution in [0.4, 0.5) is 5.69 Å². The van der Waals surface area contributed by atoms with Crippen molar-refractivity contribution in [3.8, 4) is 0 Å². The molecule has 1 amide bonds. The van der Waals surface area contributed by atoms with Crippen molar-refractivity contribution in [1.29, 1.82) is 0 Å². The van der Waals surface area contributed by atoms with E-state index in [0.717, 1.165) is 28.7 Å². The van der Waals surface area contributed by atoms with E-state index in [9.17, 15) is 4.79 Å². The Morgan fingerprint density at radius 2 is 2.00 bits per heavy atom. The van der Waals surface area contributed by atoms with Crippen molar-refractivity contribution >= 4 is 27.5 Å². The van der Waals surface area contributed by atoms with Crippen LogP contribution in [0.2, 0.25) is 0 Å². The van der Waals surface area contributed by atoms with Gasteiger partial charge in [0, 0.05) is 28.8 Å². The number of amides is 1. The maximum atomic E-state index is 12.3. The summed E-state index contributed by atoms with van der Waals surface area (Å²) in [5.74, 6) is -0.0110. The van der Waals surface area contributed by atoms with E-state index < -0.39 is 0 Å². The second-order valence-electron chi connectivity index (χ2n) is 6.62. The van der Waals surface area contributed by atoms with Gasteiger partial charge in [-0.05, 0) is 49.7 Å². The number of likely N-dealkylation sites (tertiary alicyclic amines) is 1. The van der Waals surface area contributed by atoms with E-state index in [1.807, 2.05) is 31.2 Å². The van der Waals surface area contributed by atoms with Crippen molar-refractivity contribution in [1.82, 2.24) is 10.2 Å². The number of halogens is 1. The zero-order valence-electron chi connectivity index (χ0n) is 14.6. The lowest BCUT2D eigenvalue weighted by Crippen LogP contribution is -2.39. The summed E-state index contributed by atoms with van der Waals surface area (Å²) in [6.45, 7) is 3.36. The lowest BCUT2D eigenvalue weighted by Gasteiger charge is -2.26. The summed E-state index contributed by atoms with van der Waals surface area (Å²) in [6, 6.07) is 16.9. The fraction of sp³-hybridized carbons (Fsp3) is 0.350. The number of nitrogens with zero attached hydrogens (tertiary/aromatic N) is 1. The van der Waals surface area contributed by atoms with Crippen LogP contribution >= 0.6 is 15.9 Å². The minimum atomic E-state index is -0.0110. The molecule has 0 spiro atoms. The van der Waals surface area contributed by atoms with Gasteiger partial charge in [0.15, 0.2) is 0 Å². The number of anilines is 1. The molecular weight excluding hydrogens is 378 g/mol. The Morgan fingerprint density at radius 1 is 1.24 bits per heavy atom. The quantitative estimate of drug-likeness (QED) is 0.801. The molecule has 0 aromatic heterocycles. The normalized spacial score (nSPS) is 20.6. The predicted molar refractivity (Wildman–Crippen MR) is 106 cm³/mol. The molecule has 1 heterocycles. The number of carbonyl (C=O) groups is 1. The molecule has 5 heteroatoms. The molecule has 0 radical (unpaired) electrons. The van der Waals surface area contributed by atoms with Crippen LogP contribution in [0.5, 0.6) is 0 Å². The highest BCUT2D eigenvalue weighted by molar-refractivity contribution is 9.10. The Kier molecular flexibility index (Phi) is 5.89. The molecular formula is C20H24BrN3O. The minimum absolute atomic E-state index is 0.0110. The van der Waals surface area contributed by atoms with Gasteiger partial charge in [-0.15, -0.1) is 0 Å². The van der Waals surface area contributed by atoms with Gasteiger partial charge in [0.2, 0.25) is 5.91 Å². The van der Waals surface area contributed by atoms with E-state index >= 15 is 0 Å². The first-order valence-electron chi connectivity index (χ1n) is 8.59. The van der Waals surface area contributed by atoms with E-state index in [4.69, 9.17) is 0 Å². The molecule has 3 rings (SSSR count). The summed E-state index contributed by atoms with van der Waals surface area (Å²) in [7, 11) is 2.14. The number of aryl methyl sites for hydroxylation is 1. The molecule has 0 aliphatic carbocycles. The van der Waals surface area contributed by atoms with Gasteiger partial charge in [0.05, 0.1) is 6.54 Å². The monoisotopic (exact) mass is 401 g/mol. The molecule has 0 saturated carbocycles. The number of benzene rings is 2. The van der Waals surface area contributed by atoms with E-state index in [-0.39, 0.29) is 11.9 Å². The summed E-state index contributed by atoms with van der Waals surface area (Å²) in [5.41, 5.74) is 3.23. The van der Waals surface area contributed by atoms with Crippen LogP contribution in [0.15, 0.2) is 53.0 Å². The van der Waals surface area contributed by atoms with Crippen molar-refractivity contribution in [2.45, 2.75) is 25.4 Å². The molecule has 1 aliphatic heterocycles. The zero-order valence-corrected chi connectivity index (χ0v) is 16.2. The molecule has 25 heavy (non-hydrogen) atoms. The molecule has 1 fully saturated rings. The standard InChI is InChI=1S/C20H24BrN3O/c1-14-12-16(8-9-17(14)21)23-19(25)13-22-18-10-11-24(2)20(18)15-6-4-3-5-7-15/h3-9,12,18,20,22H,10-11,13H2,1-2H3,(H,23,25)/t18-,20+/m0/s1. The van der Waals surface area contributed by atoms with Gasteiger partial charge in [0.1, 0.15) is 0 Å². The largest absolute Gasteiger partial charge is 0.325 e. The first kappa shape index (κ1) is 18.1. The number of hydrogen-bond donors (Lipinski definition) is 2. The summed E-state index contributed by atoms with van der Waals surface area (Å²) in [6.07, 6.45) is 1.04. The molecule has 2 atom stereocenters. The van der Waals surface area contributed by atoms with Crippen LogP contribution in [0, 0.1) is 6.92 Å². The number of rotatable bonds is 5. The van der Waals surface area contributed by atoms with Crippen LogP contribution < -0.4 is 10.6 Å². The molecule has 2 aromatic carbocycles. The van der Waals surface area contributed by atoms with Crippen molar-refractivity contribution in [2.75, 3.05) is 25.5 Å². The SMILES string of the molecule is Cc1cc(NC(=O)CN[C@H]2CCN(C)[C@@H]2c2ccccc2)ccc1Br. The van der Waals surface area contributed by atoms with Crippen LogP contribution in [-0.4, -0.2) is 37.0 Å². The average molecular weight is 402 g/mol. The third-order valence-electron chi connectivity index (χ3n) is 4.76. The fourth-order valence-corrected chi connectivity index (χ4v) is 3.70. The Balaban J connectivity index is 1.58. The lowest BCUT2D eigenvalue weighted by molar-refractivity contribution is -0.115. The zero-order chi connectivity index (χ0) is 17.8. The average Bonchev–Trinajstić information content (AvgIpc) is 2.98. The highest BCUT2D eigenvalue weighted by atomic mass is 79.9. The van der Waals surface area contributed by atoms with Gasteiger partial charge in [0.25, 0.3) is 0 Å². The molecule has 2 N–H and O–H groups in total. The Morgan fingerprint density at radius 3 is 2.72 bits per heavy atom. The third kappa shape index (κ3) is 4.48. The van der Waals surface area contributed by atoms with Crippen LogP contribution in [-0.2, 0) is 4.79 Å². The van der Waals surface area contributed by atoms with E-state index in [0.29, 0.717) is 12.6 Å². The first-order valence-corrected chi connectivity index (χ1v) is 9.38. The van der Waals surface area contributed by atoms with Gasteiger partial charge in [-0.3, -0.25) is 9.69 Å². The summed E-state index contributed by atoms with van der Waals surface area (Å²) in [4.78, 5) is 14.6. The smallest absolute Gasteiger partial charge is 0.238 e. The fourth-order valence-electron chi connectivity index (χ4n) is 3.45. The molecule has 2 aromatic rings. The van der Waals surface area contributed by atoms with Gasteiger partial charge in [-0.25, -0.2) is 0 Å². The van der Waals surface area contributed by atoms with Crippen LogP contribution in [0.3, 0.4) is 0 Å². The molecule has 132 valence electrons. The molecule has 4 nitrogen and oxygen atoms in total. The van der Waals surface area contributed by atoms with Crippen LogP contribution in [0.1, 0.15) is 23.6 Å². The van der Waals surface area contributed by atoms with Gasteiger partial charge in [-0.1, -0.05) is 46.3 Å². The maximum Gasteiger partial charge on any atom is 0.238 e. The van der Waals surface area contributed by atoms with Gasteiger partial charge in [-0.2, -0.15) is 0 Å². The summed E-state index contributed by atoms with van der Waals surface area (Å²) >= 11 is 3.48. The predicted octanol–water partition coefficient (Wildman–Crippen LogP) is 3.73. The lowest BCUT2D eigenvalue weighted by atomic mass is 10.0. The topological polar surface area (TPSA) is 44.4 Å². The first-order chi connectivity index (χ1) is 12.0. The Bertz CT molecular complexity index is 735.